The number of ether oxygens (including phenoxy) is 3. The van der Waals surface area contributed by atoms with Crippen molar-refractivity contribution in [1.82, 2.24) is 0 Å². The van der Waals surface area contributed by atoms with Crippen LogP contribution in [0.2, 0.25) is 0 Å². The van der Waals surface area contributed by atoms with Crippen molar-refractivity contribution in [3.63, 3.8) is 0 Å². The van der Waals surface area contributed by atoms with Gasteiger partial charge in [0.1, 0.15) is 12.5 Å². The van der Waals surface area contributed by atoms with E-state index in [9.17, 15) is 4.79 Å². The molecule has 0 radical (unpaired) electrons. The van der Waals surface area contributed by atoms with E-state index in [1.54, 1.807) is 0 Å². The zero-order valence-electron chi connectivity index (χ0n) is 4.65. The predicted molar refractivity (Wildman–Crippen MR) is 27.1 cm³/mol. The average molecular weight is 130 g/mol. The second-order valence-corrected chi connectivity index (χ2v) is 1.40. The predicted octanol–water partition coefficient (Wildman–Crippen LogP) is 0.00350. The summed E-state index contributed by atoms with van der Waals surface area (Å²) in [6, 6.07) is 0. The molecule has 0 saturated heterocycles. The third-order valence-electron chi connectivity index (χ3n) is 0.817. The van der Waals surface area contributed by atoms with Gasteiger partial charge in [-0.05, 0) is 0 Å². The minimum absolute atomic E-state index is 0.135. The minimum Gasteiger partial charge on any atom is -0.460 e. The maximum absolute atomic E-state index is 9.61. The fourth-order valence-corrected chi connectivity index (χ4v) is 0.468. The molecule has 4 nitrogen and oxygen atoms in total. The number of carbonyl (C=O) groups is 1. The van der Waals surface area contributed by atoms with Crippen LogP contribution in [-0.2, 0) is 19.0 Å². The average Bonchev–Trinajstić information content (AvgIpc) is 2.34. The van der Waals surface area contributed by atoms with Crippen LogP contribution >= 0.6 is 0 Å². The van der Waals surface area contributed by atoms with E-state index >= 15 is 0 Å². The molecule has 0 amide bonds. The van der Waals surface area contributed by atoms with Crippen LogP contribution in [0.3, 0.4) is 0 Å². The monoisotopic (exact) mass is 130 g/mol. The van der Waals surface area contributed by atoms with Crippen molar-refractivity contribution in [2.45, 2.75) is 6.29 Å². The van der Waals surface area contributed by atoms with Crippen molar-refractivity contribution in [3.8, 4) is 0 Å². The standard InChI is InChI=1S/C5H6O4/c6-4-7-3-5-8-1-2-9-5/h1-2,4-5H,3H2. The van der Waals surface area contributed by atoms with E-state index in [4.69, 9.17) is 9.47 Å². The van der Waals surface area contributed by atoms with E-state index in [0.29, 0.717) is 6.47 Å². The van der Waals surface area contributed by atoms with Crippen molar-refractivity contribution in [2.75, 3.05) is 6.61 Å². The van der Waals surface area contributed by atoms with Crippen LogP contribution in [0, 0.1) is 0 Å². The first kappa shape index (κ1) is 5.94. The molecule has 1 heterocycles. The lowest BCUT2D eigenvalue weighted by atomic mass is 10.7. The van der Waals surface area contributed by atoms with Gasteiger partial charge >= 0.3 is 0 Å². The molecule has 0 aromatic rings. The van der Waals surface area contributed by atoms with Gasteiger partial charge in [0, 0.05) is 0 Å². The molecule has 1 aliphatic rings. The molecule has 4 heteroatoms. The summed E-state index contributed by atoms with van der Waals surface area (Å²) in [6.07, 6.45) is 2.35. The summed E-state index contributed by atoms with van der Waals surface area (Å²) < 4.78 is 13.9. The molecule has 1 rings (SSSR count). The quantitative estimate of drug-likeness (QED) is 0.504. The molecular weight excluding hydrogens is 124 g/mol. The first-order chi connectivity index (χ1) is 4.43. The lowest BCUT2D eigenvalue weighted by Crippen LogP contribution is -2.15. The zero-order valence-corrected chi connectivity index (χ0v) is 4.65. The Labute approximate surface area is 52.0 Å². The van der Waals surface area contributed by atoms with E-state index < -0.39 is 6.29 Å². The molecule has 50 valence electrons. The van der Waals surface area contributed by atoms with Gasteiger partial charge < -0.3 is 14.2 Å². The number of hydrogen-bond acceptors (Lipinski definition) is 4. The van der Waals surface area contributed by atoms with Crippen LogP contribution in [0.1, 0.15) is 0 Å². The van der Waals surface area contributed by atoms with Crippen molar-refractivity contribution in [2.24, 2.45) is 0 Å². The summed E-state index contributed by atoms with van der Waals surface area (Å²) in [5, 5.41) is 0. The number of carbonyl (C=O) groups excluding carboxylic acids is 1. The smallest absolute Gasteiger partial charge is 0.293 e. The third-order valence-corrected chi connectivity index (χ3v) is 0.817. The molecule has 9 heavy (non-hydrogen) atoms. The Morgan fingerprint density at radius 3 is 2.78 bits per heavy atom. The van der Waals surface area contributed by atoms with Gasteiger partial charge in [-0.3, -0.25) is 4.79 Å². The lowest BCUT2D eigenvalue weighted by Gasteiger charge is -2.06. The third kappa shape index (κ3) is 1.64. The zero-order chi connectivity index (χ0) is 6.53. The second kappa shape index (κ2) is 2.96. The van der Waals surface area contributed by atoms with Gasteiger partial charge in [0.05, 0.1) is 0 Å². The molecule has 0 unspecified atom stereocenters. The minimum atomic E-state index is -0.449. The van der Waals surface area contributed by atoms with E-state index in [1.165, 1.54) is 12.5 Å². The van der Waals surface area contributed by atoms with Gasteiger partial charge in [0.25, 0.3) is 12.8 Å². The molecule has 0 atom stereocenters. The van der Waals surface area contributed by atoms with Gasteiger partial charge in [0.2, 0.25) is 0 Å². The molecule has 0 fully saturated rings. The van der Waals surface area contributed by atoms with Crippen LogP contribution in [-0.4, -0.2) is 19.4 Å². The highest BCUT2D eigenvalue weighted by Gasteiger charge is 2.11. The van der Waals surface area contributed by atoms with E-state index in [0.717, 1.165) is 0 Å². The second-order valence-electron chi connectivity index (χ2n) is 1.40. The SMILES string of the molecule is O=COCC1OC=CO1. The summed E-state index contributed by atoms with van der Waals surface area (Å²) in [7, 11) is 0. The Kier molecular flexibility index (Phi) is 1.95. The van der Waals surface area contributed by atoms with E-state index in [1.807, 2.05) is 0 Å². The van der Waals surface area contributed by atoms with Crippen LogP contribution in [0.25, 0.3) is 0 Å². The molecule has 0 aromatic heterocycles. The highest BCUT2D eigenvalue weighted by atomic mass is 16.7. The summed E-state index contributed by atoms with van der Waals surface area (Å²) >= 11 is 0. The highest BCUT2D eigenvalue weighted by molar-refractivity contribution is 5.36. The molecule has 0 N–H and O–H groups in total. The lowest BCUT2D eigenvalue weighted by molar-refractivity contribution is -0.139. The Balaban J connectivity index is 2.07. The van der Waals surface area contributed by atoms with Gasteiger partial charge in [-0.15, -0.1) is 0 Å². The van der Waals surface area contributed by atoms with Crippen LogP contribution < -0.4 is 0 Å². The maximum Gasteiger partial charge on any atom is 0.293 e. The van der Waals surface area contributed by atoms with Crippen molar-refractivity contribution >= 4 is 6.47 Å². The number of hydrogen-bond donors (Lipinski definition) is 0. The Morgan fingerprint density at radius 1 is 1.56 bits per heavy atom. The fourth-order valence-electron chi connectivity index (χ4n) is 0.468. The molecule has 0 aliphatic carbocycles. The highest BCUT2D eigenvalue weighted by Crippen LogP contribution is 2.03. The summed E-state index contributed by atoms with van der Waals surface area (Å²) in [5.41, 5.74) is 0. The molecule has 0 spiro atoms. The van der Waals surface area contributed by atoms with Gasteiger partial charge in [0.15, 0.2) is 6.61 Å². The number of rotatable bonds is 3. The summed E-state index contributed by atoms with van der Waals surface area (Å²) in [4.78, 5) is 9.61. The van der Waals surface area contributed by atoms with Gasteiger partial charge in [-0.1, -0.05) is 0 Å². The first-order valence-corrected chi connectivity index (χ1v) is 2.44. The van der Waals surface area contributed by atoms with Crippen LogP contribution in [0.4, 0.5) is 0 Å². The Bertz CT molecular complexity index is 112. The fraction of sp³-hybridized carbons (Fsp3) is 0.400. The first-order valence-electron chi connectivity index (χ1n) is 2.44. The normalized spacial score (nSPS) is 16.4. The van der Waals surface area contributed by atoms with Gasteiger partial charge in [-0.2, -0.15) is 0 Å². The van der Waals surface area contributed by atoms with Crippen LogP contribution in [0.5, 0.6) is 0 Å². The van der Waals surface area contributed by atoms with Crippen molar-refractivity contribution < 1.29 is 19.0 Å². The summed E-state index contributed by atoms with van der Waals surface area (Å²) in [5.74, 6) is 0. The summed E-state index contributed by atoms with van der Waals surface area (Å²) in [6.45, 7) is 0.488. The Hall–Kier alpha value is -1.19. The maximum atomic E-state index is 9.61. The van der Waals surface area contributed by atoms with Crippen molar-refractivity contribution in [1.29, 1.82) is 0 Å². The largest absolute Gasteiger partial charge is 0.460 e. The van der Waals surface area contributed by atoms with Crippen molar-refractivity contribution in [3.05, 3.63) is 12.5 Å². The molecular formula is C5H6O4. The molecule has 0 aromatic carbocycles. The van der Waals surface area contributed by atoms with E-state index in [2.05, 4.69) is 4.74 Å². The molecule has 0 bridgehead atoms. The topological polar surface area (TPSA) is 44.8 Å². The van der Waals surface area contributed by atoms with E-state index in [-0.39, 0.29) is 6.61 Å². The molecule has 1 aliphatic heterocycles. The van der Waals surface area contributed by atoms with Gasteiger partial charge in [-0.25, -0.2) is 0 Å². The Morgan fingerprint density at radius 2 is 2.22 bits per heavy atom. The van der Waals surface area contributed by atoms with Crippen LogP contribution in [0.15, 0.2) is 12.5 Å². The molecule has 0 saturated carbocycles.